The number of halogens is 2. The second-order valence-electron chi connectivity index (χ2n) is 5.11. The van der Waals surface area contributed by atoms with Crippen LogP contribution in [0.25, 0.3) is 0 Å². The molecule has 0 bridgehead atoms. The molecule has 1 aliphatic rings. The Morgan fingerprint density at radius 1 is 1.21 bits per heavy atom. The summed E-state index contributed by atoms with van der Waals surface area (Å²) in [6, 6.07) is 1.18. The zero-order chi connectivity index (χ0) is 13.8. The lowest BCUT2D eigenvalue weighted by molar-refractivity contribution is 0.577. The fourth-order valence-corrected chi connectivity index (χ4v) is 2.22. The molecular formula is C14H21F2N3. The highest BCUT2D eigenvalue weighted by molar-refractivity contribution is 5.48. The van der Waals surface area contributed by atoms with Crippen LogP contribution in [0.1, 0.15) is 39.5 Å². The van der Waals surface area contributed by atoms with Gasteiger partial charge in [-0.1, -0.05) is 20.3 Å². The lowest BCUT2D eigenvalue weighted by Gasteiger charge is -2.10. The molecule has 1 saturated carbocycles. The lowest BCUT2D eigenvalue weighted by Crippen LogP contribution is -2.12. The van der Waals surface area contributed by atoms with Crippen molar-refractivity contribution >= 4 is 11.6 Å². The molecule has 19 heavy (non-hydrogen) atoms. The van der Waals surface area contributed by atoms with Crippen LogP contribution in [-0.2, 0) is 0 Å². The predicted molar refractivity (Wildman–Crippen MR) is 73.4 cm³/mol. The Labute approximate surface area is 112 Å². The zero-order valence-corrected chi connectivity index (χ0v) is 11.5. The molecule has 1 aliphatic carbocycles. The van der Waals surface area contributed by atoms with Crippen LogP contribution < -0.4 is 10.6 Å². The Bertz CT molecular complexity index is 437. The molecule has 0 radical (unpaired) electrons. The van der Waals surface area contributed by atoms with Gasteiger partial charge in [0.25, 0.3) is 0 Å². The summed E-state index contributed by atoms with van der Waals surface area (Å²) >= 11 is 0. The van der Waals surface area contributed by atoms with Gasteiger partial charge in [-0.05, 0) is 25.2 Å². The van der Waals surface area contributed by atoms with Crippen LogP contribution in [0, 0.1) is 17.6 Å². The maximum atomic E-state index is 13.7. The number of pyridine rings is 1. The van der Waals surface area contributed by atoms with Gasteiger partial charge in [-0.15, -0.1) is 0 Å². The lowest BCUT2D eigenvalue weighted by atomic mass is 10.2. The topological polar surface area (TPSA) is 37.0 Å². The molecule has 1 aromatic heterocycles. The van der Waals surface area contributed by atoms with E-state index in [1.807, 2.05) is 6.92 Å². The number of hydrogen-bond acceptors (Lipinski definition) is 3. The van der Waals surface area contributed by atoms with Crippen LogP contribution >= 0.6 is 0 Å². The Balaban J connectivity index is 2.03. The Kier molecular flexibility index (Phi) is 4.56. The average molecular weight is 269 g/mol. The molecule has 0 saturated heterocycles. The SMILES string of the molecule is CCCNc1nc(NC2CC2CCC)c(F)cc1F. The standard InChI is InChI=1S/C14H21F2N3/c1-3-5-9-7-12(9)18-14-11(16)8-10(15)13(19-14)17-6-4-2/h8-9,12H,3-7H2,1-2H3,(H2,17,18,19). The maximum Gasteiger partial charge on any atom is 0.168 e. The Morgan fingerprint density at radius 2 is 1.95 bits per heavy atom. The summed E-state index contributed by atoms with van der Waals surface area (Å²) in [6.45, 7) is 4.74. The normalized spacial score (nSPS) is 21.3. The van der Waals surface area contributed by atoms with Gasteiger partial charge in [-0.3, -0.25) is 0 Å². The fourth-order valence-electron chi connectivity index (χ4n) is 2.22. The van der Waals surface area contributed by atoms with E-state index in [1.165, 1.54) is 0 Å². The molecule has 1 aromatic rings. The number of nitrogens with one attached hydrogen (secondary N) is 2. The van der Waals surface area contributed by atoms with E-state index in [0.29, 0.717) is 12.5 Å². The van der Waals surface area contributed by atoms with Crippen molar-refractivity contribution in [2.75, 3.05) is 17.2 Å². The molecule has 5 heteroatoms. The van der Waals surface area contributed by atoms with E-state index in [-0.39, 0.29) is 17.7 Å². The molecular weight excluding hydrogens is 248 g/mol. The third-order valence-electron chi connectivity index (χ3n) is 3.38. The maximum absolute atomic E-state index is 13.7. The van der Waals surface area contributed by atoms with Crippen LogP contribution in [0.2, 0.25) is 0 Å². The molecule has 3 nitrogen and oxygen atoms in total. The molecule has 2 rings (SSSR count). The number of aromatic nitrogens is 1. The third-order valence-corrected chi connectivity index (χ3v) is 3.38. The largest absolute Gasteiger partial charge is 0.368 e. The first-order valence-electron chi connectivity index (χ1n) is 7.02. The highest BCUT2D eigenvalue weighted by Gasteiger charge is 2.36. The van der Waals surface area contributed by atoms with E-state index in [1.54, 1.807) is 0 Å². The predicted octanol–water partition coefficient (Wildman–Crippen LogP) is 3.78. The average Bonchev–Trinajstić information content (AvgIpc) is 3.10. The van der Waals surface area contributed by atoms with Crippen molar-refractivity contribution < 1.29 is 8.78 Å². The van der Waals surface area contributed by atoms with Crippen LogP contribution in [0.3, 0.4) is 0 Å². The molecule has 2 atom stereocenters. The van der Waals surface area contributed by atoms with Crippen molar-refractivity contribution in [3.8, 4) is 0 Å². The number of nitrogens with zero attached hydrogens (tertiary/aromatic N) is 1. The van der Waals surface area contributed by atoms with E-state index >= 15 is 0 Å². The van der Waals surface area contributed by atoms with Gasteiger partial charge in [0.2, 0.25) is 0 Å². The molecule has 0 amide bonds. The monoisotopic (exact) mass is 269 g/mol. The molecule has 1 fully saturated rings. The Morgan fingerprint density at radius 3 is 2.63 bits per heavy atom. The molecule has 0 aromatic carbocycles. The summed E-state index contributed by atoms with van der Waals surface area (Å²) in [5.74, 6) is -0.385. The van der Waals surface area contributed by atoms with E-state index in [2.05, 4.69) is 22.5 Å². The third kappa shape index (κ3) is 3.55. The first-order chi connectivity index (χ1) is 9.15. The highest BCUT2D eigenvalue weighted by atomic mass is 19.1. The van der Waals surface area contributed by atoms with Crippen LogP contribution in [0.5, 0.6) is 0 Å². The van der Waals surface area contributed by atoms with Crippen molar-refractivity contribution in [2.45, 2.75) is 45.6 Å². The summed E-state index contributed by atoms with van der Waals surface area (Å²) < 4.78 is 27.2. The first kappa shape index (κ1) is 14.0. The number of anilines is 2. The van der Waals surface area contributed by atoms with E-state index < -0.39 is 11.6 Å². The Hall–Kier alpha value is -1.39. The minimum atomic E-state index is -0.641. The van der Waals surface area contributed by atoms with Gasteiger partial charge < -0.3 is 10.6 Å². The van der Waals surface area contributed by atoms with Gasteiger partial charge in [-0.25, -0.2) is 13.8 Å². The van der Waals surface area contributed by atoms with E-state index in [0.717, 1.165) is 31.7 Å². The van der Waals surface area contributed by atoms with Crippen molar-refractivity contribution in [1.29, 1.82) is 0 Å². The quantitative estimate of drug-likeness (QED) is 0.791. The van der Waals surface area contributed by atoms with Crippen molar-refractivity contribution in [1.82, 2.24) is 4.98 Å². The zero-order valence-electron chi connectivity index (χ0n) is 11.5. The summed E-state index contributed by atoms with van der Waals surface area (Å²) in [4.78, 5) is 4.01. The second kappa shape index (κ2) is 6.17. The molecule has 2 N–H and O–H groups in total. The minimum Gasteiger partial charge on any atom is -0.368 e. The molecule has 0 spiro atoms. The van der Waals surface area contributed by atoms with Crippen molar-refractivity contribution in [2.24, 2.45) is 5.92 Å². The fraction of sp³-hybridized carbons (Fsp3) is 0.643. The number of rotatable bonds is 7. The van der Waals surface area contributed by atoms with Crippen LogP contribution in [0.4, 0.5) is 20.4 Å². The van der Waals surface area contributed by atoms with Crippen molar-refractivity contribution in [3.63, 3.8) is 0 Å². The molecule has 1 heterocycles. The first-order valence-corrected chi connectivity index (χ1v) is 7.02. The molecule has 2 unspecified atom stereocenters. The summed E-state index contributed by atoms with van der Waals surface area (Å²) in [5.41, 5.74) is 0. The van der Waals surface area contributed by atoms with Gasteiger partial charge >= 0.3 is 0 Å². The van der Waals surface area contributed by atoms with Crippen LogP contribution in [-0.4, -0.2) is 17.6 Å². The second-order valence-corrected chi connectivity index (χ2v) is 5.11. The summed E-state index contributed by atoms with van der Waals surface area (Å²) in [7, 11) is 0. The highest BCUT2D eigenvalue weighted by Crippen LogP contribution is 2.37. The molecule has 106 valence electrons. The van der Waals surface area contributed by atoms with E-state index in [9.17, 15) is 8.78 Å². The smallest absolute Gasteiger partial charge is 0.168 e. The van der Waals surface area contributed by atoms with Gasteiger partial charge in [-0.2, -0.15) is 0 Å². The minimum absolute atomic E-state index is 0.124. The number of hydrogen-bond donors (Lipinski definition) is 2. The van der Waals surface area contributed by atoms with Gasteiger partial charge in [0, 0.05) is 18.7 Å². The van der Waals surface area contributed by atoms with Crippen molar-refractivity contribution in [3.05, 3.63) is 17.7 Å². The van der Waals surface area contributed by atoms with Gasteiger partial charge in [0.15, 0.2) is 23.3 Å². The van der Waals surface area contributed by atoms with Crippen LogP contribution in [0.15, 0.2) is 6.07 Å². The van der Waals surface area contributed by atoms with Gasteiger partial charge in [0.1, 0.15) is 0 Å². The summed E-state index contributed by atoms with van der Waals surface area (Å²) in [5, 5.41) is 5.94. The molecule has 0 aliphatic heterocycles. The van der Waals surface area contributed by atoms with E-state index in [4.69, 9.17) is 0 Å². The van der Waals surface area contributed by atoms with Gasteiger partial charge in [0.05, 0.1) is 0 Å². The summed E-state index contributed by atoms with van der Waals surface area (Å²) in [6.07, 6.45) is 4.18.